The molecule has 6 nitrogen and oxygen atoms in total. The van der Waals surface area contributed by atoms with Crippen molar-refractivity contribution in [2.24, 2.45) is 0 Å². The van der Waals surface area contributed by atoms with Crippen LogP contribution < -0.4 is 4.74 Å². The van der Waals surface area contributed by atoms with E-state index in [4.69, 9.17) is 9.26 Å². The molecule has 1 aliphatic carbocycles. The zero-order valence-electron chi connectivity index (χ0n) is 14.6. The maximum atomic E-state index is 12.2. The van der Waals surface area contributed by atoms with Crippen molar-refractivity contribution in [3.63, 3.8) is 0 Å². The van der Waals surface area contributed by atoms with Gasteiger partial charge in [-0.15, -0.1) is 0 Å². The molecule has 1 saturated heterocycles. The van der Waals surface area contributed by atoms with Crippen molar-refractivity contribution < 1.29 is 14.1 Å². The Morgan fingerprint density at radius 1 is 1.24 bits per heavy atom. The molecule has 0 unspecified atom stereocenters. The third-order valence-corrected chi connectivity index (χ3v) is 4.89. The van der Waals surface area contributed by atoms with E-state index < -0.39 is 0 Å². The lowest BCUT2D eigenvalue weighted by molar-refractivity contribution is -0.138. The van der Waals surface area contributed by atoms with Crippen molar-refractivity contribution in [2.45, 2.75) is 44.4 Å². The molecule has 6 heteroatoms. The van der Waals surface area contributed by atoms with Gasteiger partial charge in [0.25, 0.3) is 5.91 Å². The first-order valence-electron chi connectivity index (χ1n) is 8.94. The third-order valence-electron chi connectivity index (χ3n) is 4.89. The largest absolute Gasteiger partial charge is 0.484 e. The SMILES string of the molecule is CC(C)c1ccc(OCC(=O)N2CC(c3nc(C4CC4)no3)C2)cc1. The average molecular weight is 341 g/mol. The van der Waals surface area contributed by atoms with Crippen LogP contribution in [0.4, 0.5) is 0 Å². The zero-order valence-corrected chi connectivity index (χ0v) is 14.6. The van der Waals surface area contributed by atoms with E-state index in [1.807, 2.05) is 24.3 Å². The van der Waals surface area contributed by atoms with Gasteiger partial charge in [0.15, 0.2) is 12.4 Å². The third kappa shape index (κ3) is 3.52. The molecular weight excluding hydrogens is 318 g/mol. The number of ether oxygens (including phenoxy) is 1. The molecule has 0 spiro atoms. The molecule has 1 amide bonds. The fraction of sp³-hybridized carbons (Fsp3) is 0.526. The van der Waals surface area contributed by atoms with Gasteiger partial charge in [0.2, 0.25) is 5.89 Å². The van der Waals surface area contributed by atoms with Crippen molar-refractivity contribution >= 4 is 5.91 Å². The fourth-order valence-corrected chi connectivity index (χ4v) is 2.94. The smallest absolute Gasteiger partial charge is 0.260 e. The molecule has 25 heavy (non-hydrogen) atoms. The Labute approximate surface area is 147 Å². The molecule has 1 aromatic heterocycles. The summed E-state index contributed by atoms with van der Waals surface area (Å²) in [5.74, 6) is 3.34. The summed E-state index contributed by atoms with van der Waals surface area (Å²) in [4.78, 5) is 18.4. The van der Waals surface area contributed by atoms with E-state index in [1.165, 1.54) is 5.56 Å². The van der Waals surface area contributed by atoms with Crippen LogP contribution in [0, 0.1) is 0 Å². The summed E-state index contributed by atoms with van der Waals surface area (Å²) in [6, 6.07) is 7.91. The van der Waals surface area contributed by atoms with Gasteiger partial charge >= 0.3 is 0 Å². The maximum absolute atomic E-state index is 12.2. The normalized spacial score (nSPS) is 17.6. The number of likely N-dealkylation sites (tertiary alicyclic amines) is 1. The van der Waals surface area contributed by atoms with E-state index in [0.717, 1.165) is 24.4 Å². The Bertz CT molecular complexity index is 744. The van der Waals surface area contributed by atoms with Crippen LogP contribution in [-0.2, 0) is 4.79 Å². The molecule has 2 heterocycles. The Morgan fingerprint density at radius 3 is 2.60 bits per heavy atom. The lowest BCUT2D eigenvalue weighted by Crippen LogP contribution is -2.50. The number of hydrogen-bond donors (Lipinski definition) is 0. The van der Waals surface area contributed by atoms with E-state index in [0.29, 0.717) is 30.8 Å². The van der Waals surface area contributed by atoms with Crippen molar-refractivity contribution in [3.05, 3.63) is 41.5 Å². The second kappa shape index (κ2) is 6.50. The van der Waals surface area contributed by atoms with Gasteiger partial charge in [-0.25, -0.2) is 0 Å². The van der Waals surface area contributed by atoms with Crippen LogP contribution in [0.1, 0.15) is 61.7 Å². The van der Waals surface area contributed by atoms with Gasteiger partial charge in [-0.3, -0.25) is 4.79 Å². The number of amides is 1. The Kier molecular flexibility index (Phi) is 4.19. The minimum atomic E-state index is -0.00822. The molecule has 2 aliphatic rings. The van der Waals surface area contributed by atoms with Crippen LogP contribution in [0.3, 0.4) is 0 Å². The molecule has 1 aliphatic heterocycles. The molecule has 1 saturated carbocycles. The fourth-order valence-electron chi connectivity index (χ4n) is 2.94. The second-order valence-electron chi connectivity index (χ2n) is 7.27. The number of aromatic nitrogens is 2. The van der Waals surface area contributed by atoms with Crippen molar-refractivity contribution in [1.82, 2.24) is 15.0 Å². The molecule has 0 radical (unpaired) electrons. The summed E-state index contributed by atoms with van der Waals surface area (Å²) in [6.07, 6.45) is 2.31. The van der Waals surface area contributed by atoms with Crippen molar-refractivity contribution in [2.75, 3.05) is 19.7 Å². The van der Waals surface area contributed by atoms with Crippen molar-refractivity contribution in [1.29, 1.82) is 0 Å². The standard InChI is InChI=1S/C19H23N3O3/c1-12(2)13-5-7-16(8-6-13)24-11-17(23)22-9-15(10-22)19-20-18(21-25-19)14-3-4-14/h5-8,12,14-15H,3-4,9-11H2,1-2H3. The van der Waals surface area contributed by atoms with Crippen LogP contribution >= 0.6 is 0 Å². The Morgan fingerprint density at radius 2 is 1.96 bits per heavy atom. The Balaban J connectivity index is 1.24. The summed E-state index contributed by atoms with van der Waals surface area (Å²) in [6.45, 7) is 5.61. The molecular formula is C19H23N3O3. The van der Waals surface area contributed by atoms with Gasteiger partial charge in [0, 0.05) is 19.0 Å². The zero-order chi connectivity index (χ0) is 17.4. The summed E-state index contributed by atoms with van der Waals surface area (Å²) >= 11 is 0. The molecule has 1 aromatic carbocycles. The number of rotatable bonds is 6. The van der Waals surface area contributed by atoms with Gasteiger partial charge in [0.1, 0.15) is 5.75 Å². The lowest BCUT2D eigenvalue weighted by atomic mass is 10.0. The monoisotopic (exact) mass is 341 g/mol. The number of hydrogen-bond acceptors (Lipinski definition) is 5. The van der Waals surface area contributed by atoms with Crippen LogP contribution in [0.2, 0.25) is 0 Å². The first-order valence-corrected chi connectivity index (χ1v) is 8.94. The first kappa shape index (κ1) is 16.1. The second-order valence-corrected chi connectivity index (χ2v) is 7.27. The quantitative estimate of drug-likeness (QED) is 0.808. The minimum absolute atomic E-state index is 0.00822. The summed E-state index contributed by atoms with van der Waals surface area (Å²) < 4.78 is 10.9. The van der Waals surface area contributed by atoms with E-state index in [1.54, 1.807) is 4.90 Å². The highest BCUT2D eigenvalue weighted by atomic mass is 16.5. The number of benzene rings is 1. The van der Waals surface area contributed by atoms with Gasteiger partial charge in [0.05, 0.1) is 5.92 Å². The number of nitrogens with zero attached hydrogens (tertiary/aromatic N) is 3. The highest BCUT2D eigenvalue weighted by Gasteiger charge is 2.37. The van der Waals surface area contributed by atoms with Gasteiger partial charge in [-0.1, -0.05) is 31.1 Å². The Hall–Kier alpha value is -2.37. The van der Waals surface area contributed by atoms with Gasteiger partial charge in [-0.2, -0.15) is 4.98 Å². The van der Waals surface area contributed by atoms with Crippen LogP contribution in [0.25, 0.3) is 0 Å². The first-order chi connectivity index (χ1) is 12.1. The molecule has 2 aromatic rings. The molecule has 0 bridgehead atoms. The van der Waals surface area contributed by atoms with Crippen LogP contribution in [0.5, 0.6) is 5.75 Å². The molecule has 4 rings (SSSR count). The molecule has 2 fully saturated rings. The predicted octanol–water partition coefficient (Wildman–Crippen LogP) is 3.08. The highest BCUT2D eigenvalue weighted by molar-refractivity contribution is 5.78. The van der Waals surface area contributed by atoms with E-state index in [9.17, 15) is 4.79 Å². The van der Waals surface area contributed by atoms with Crippen LogP contribution in [-0.4, -0.2) is 40.6 Å². The van der Waals surface area contributed by atoms with E-state index in [-0.39, 0.29) is 18.4 Å². The van der Waals surface area contributed by atoms with Gasteiger partial charge in [-0.05, 0) is 36.5 Å². The van der Waals surface area contributed by atoms with Crippen molar-refractivity contribution in [3.8, 4) is 5.75 Å². The topological polar surface area (TPSA) is 68.5 Å². The molecule has 0 N–H and O–H groups in total. The van der Waals surface area contributed by atoms with Gasteiger partial charge < -0.3 is 14.2 Å². The van der Waals surface area contributed by atoms with E-state index in [2.05, 4.69) is 24.0 Å². The number of carbonyl (C=O) groups excluding carboxylic acids is 1. The summed E-state index contributed by atoms with van der Waals surface area (Å²) in [7, 11) is 0. The summed E-state index contributed by atoms with van der Waals surface area (Å²) in [5.41, 5.74) is 1.26. The minimum Gasteiger partial charge on any atom is -0.484 e. The molecule has 132 valence electrons. The van der Waals surface area contributed by atoms with Crippen LogP contribution in [0.15, 0.2) is 28.8 Å². The maximum Gasteiger partial charge on any atom is 0.260 e. The summed E-state index contributed by atoms with van der Waals surface area (Å²) in [5, 5.41) is 4.03. The molecule has 0 atom stereocenters. The number of carbonyl (C=O) groups is 1. The lowest BCUT2D eigenvalue weighted by Gasteiger charge is -2.36. The highest BCUT2D eigenvalue weighted by Crippen LogP contribution is 2.39. The van der Waals surface area contributed by atoms with E-state index >= 15 is 0 Å². The predicted molar refractivity (Wildman–Crippen MR) is 91.6 cm³/mol. The average Bonchev–Trinajstić information content (AvgIpc) is 3.31.